The molecule has 2 amide bonds. The minimum absolute atomic E-state index is 0.106. The zero-order chi connectivity index (χ0) is 14.4. The summed E-state index contributed by atoms with van der Waals surface area (Å²) in [5.74, 6) is -0.845. The summed E-state index contributed by atoms with van der Waals surface area (Å²) >= 11 is 0. The number of amides is 2. The fourth-order valence-electron chi connectivity index (χ4n) is 1.72. The molecule has 0 saturated heterocycles. The van der Waals surface area contributed by atoms with Crippen molar-refractivity contribution in [1.29, 1.82) is 0 Å². The fraction of sp³-hybridized carbons (Fsp3) is 0.462. The maximum absolute atomic E-state index is 12.0. The molecule has 1 rings (SSSR count). The van der Waals surface area contributed by atoms with E-state index in [1.807, 2.05) is 13.8 Å². The maximum Gasteiger partial charge on any atom is 0.255 e. The lowest BCUT2D eigenvalue weighted by Crippen LogP contribution is -2.46. The number of likely N-dealkylation sites (N-methyl/N-ethyl adjacent to an activating group) is 1. The lowest BCUT2D eigenvalue weighted by molar-refractivity contribution is -0.132. The van der Waals surface area contributed by atoms with Gasteiger partial charge in [0.2, 0.25) is 5.91 Å². The van der Waals surface area contributed by atoms with Gasteiger partial charge in [-0.2, -0.15) is 0 Å². The van der Waals surface area contributed by atoms with Gasteiger partial charge >= 0.3 is 0 Å². The van der Waals surface area contributed by atoms with E-state index in [0.717, 1.165) is 0 Å². The zero-order valence-electron chi connectivity index (χ0n) is 11.4. The highest BCUT2D eigenvalue weighted by Crippen LogP contribution is 2.13. The molecule has 0 radical (unpaired) electrons. The SMILES string of the molecule is CCN(CC)C(=O)C(C)NC(=O)c1ccncc1O. The van der Waals surface area contributed by atoms with E-state index < -0.39 is 11.9 Å². The number of carbonyl (C=O) groups is 2. The summed E-state index contributed by atoms with van der Waals surface area (Å²) in [6.07, 6.45) is 2.59. The molecule has 1 unspecified atom stereocenters. The van der Waals surface area contributed by atoms with Crippen LogP contribution in [0, 0.1) is 0 Å². The smallest absolute Gasteiger partial charge is 0.255 e. The normalized spacial score (nSPS) is 11.7. The molecule has 0 aliphatic carbocycles. The fourth-order valence-corrected chi connectivity index (χ4v) is 1.72. The lowest BCUT2D eigenvalue weighted by Gasteiger charge is -2.23. The summed E-state index contributed by atoms with van der Waals surface area (Å²) in [6, 6.07) is 0.763. The zero-order valence-corrected chi connectivity index (χ0v) is 11.4. The molecule has 1 aromatic heterocycles. The van der Waals surface area contributed by atoms with E-state index in [1.54, 1.807) is 11.8 Å². The van der Waals surface area contributed by atoms with Crippen molar-refractivity contribution in [3.8, 4) is 5.75 Å². The molecular weight excluding hydrogens is 246 g/mol. The van der Waals surface area contributed by atoms with Crippen LogP contribution in [-0.2, 0) is 4.79 Å². The second kappa shape index (κ2) is 6.72. The molecule has 0 aliphatic heterocycles. The summed E-state index contributed by atoms with van der Waals surface area (Å²) in [4.78, 5) is 29.2. The largest absolute Gasteiger partial charge is 0.505 e. The van der Waals surface area contributed by atoms with Gasteiger partial charge in [-0.15, -0.1) is 0 Å². The summed E-state index contributed by atoms with van der Waals surface area (Å²) < 4.78 is 0. The van der Waals surface area contributed by atoms with E-state index in [2.05, 4.69) is 10.3 Å². The van der Waals surface area contributed by atoms with Gasteiger partial charge in [-0.1, -0.05) is 0 Å². The number of aromatic hydroxyl groups is 1. The molecule has 1 heterocycles. The van der Waals surface area contributed by atoms with Gasteiger partial charge in [-0.3, -0.25) is 14.6 Å². The molecule has 6 heteroatoms. The van der Waals surface area contributed by atoms with Crippen molar-refractivity contribution in [3.05, 3.63) is 24.0 Å². The van der Waals surface area contributed by atoms with E-state index in [4.69, 9.17) is 0 Å². The van der Waals surface area contributed by atoms with Crippen molar-refractivity contribution in [2.45, 2.75) is 26.8 Å². The molecule has 1 aromatic rings. The third kappa shape index (κ3) is 3.67. The molecule has 0 spiro atoms. The number of aromatic nitrogens is 1. The highest BCUT2D eigenvalue weighted by molar-refractivity contribution is 5.99. The van der Waals surface area contributed by atoms with Crippen molar-refractivity contribution in [2.24, 2.45) is 0 Å². The van der Waals surface area contributed by atoms with Crippen molar-refractivity contribution >= 4 is 11.8 Å². The topological polar surface area (TPSA) is 82.5 Å². The average molecular weight is 265 g/mol. The van der Waals surface area contributed by atoms with Gasteiger partial charge < -0.3 is 15.3 Å². The van der Waals surface area contributed by atoms with Crippen molar-refractivity contribution in [3.63, 3.8) is 0 Å². The minimum atomic E-state index is -0.639. The molecule has 2 N–H and O–H groups in total. The molecule has 0 fully saturated rings. The minimum Gasteiger partial charge on any atom is -0.505 e. The van der Waals surface area contributed by atoms with Crippen LogP contribution in [-0.4, -0.2) is 45.9 Å². The second-order valence-electron chi connectivity index (χ2n) is 4.10. The highest BCUT2D eigenvalue weighted by Gasteiger charge is 2.21. The predicted octanol–water partition coefficient (Wildman–Crippen LogP) is 0.774. The quantitative estimate of drug-likeness (QED) is 0.824. The van der Waals surface area contributed by atoms with E-state index >= 15 is 0 Å². The van der Waals surface area contributed by atoms with Gasteiger partial charge in [0.25, 0.3) is 5.91 Å². The van der Waals surface area contributed by atoms with E-state index in [9.17, 15) is 14.7 Å². The Hall–Kier alpha value is -2.11. The van der Waals surface area contributed by atoms with Crippen LogP contribution in [0.25, 0.3) is 0 Å². The van der Waals surface area contributed by atoms with E-state index in [1.165, 1.54) is 18.5 Å². The Morgan fingerprint density at radius 1 is 1.42 bits per heavy atom. The first-order valence-electron chi connectivity index (χ1n) is 6.23. The molecule has 1 atom stereocenters. The second-order valence-corrected chi connectivity index (χ2v) is 4.10. The first-order valence-corrected chi connectivity index (χ1v) is 6.23. The van der Waals surface area contributed by atoms with Gasteiger partial charge in [0, 0.05) is 19.3 Å². The Bertz CT molecular complexity index is 458. The van der Waals surface area contributed by atoms with Gasteiger partial charge in [-0.25, -0.2) is 0 Å². The van der Waals surface area contributed by atoms with E-state index in [-0.39, 0.29) is 17.2 Å². The lowest BCUT2D eigenvalue weighted by atomic mass is 10.2. The Balaban J connectivity index is 2.72. The Labute approximate surface area is 112 Å². The molecule has 104 valence electrons. The predicted molar refractivity (Wildman–Crippen MR) is 70.8 cm³/mol. The number of nitrogens with one attached hydrogen (secondary N) is 1. The molecular formula is C13H19N3O3. The number of nitrogens with zero attached hydrogens (tertiary/aromatic N) is 2. The Morgan fingerprint density at radius 2 is 2.05 bits per heavy atom. The number of pyridine rings is 1. The first kappa shape index (κ1) is 14.9. The van der Waals surface area contributed by atoms with Crippen LogP contribution in [0.1, 0.15) is 31.1 Å². The monoisotopic (exact) mass is 265 g/mol. The van der Waals surface area contributed by atoms with Gasteiger partial charge in [-0.05, 0) is 26.8 Å². The highest BCUT2D eigenvalue weighted by atomic mass is 16.3. The van der Waals surface area contributed by atoms with Crippen LogP contribution in [0.15, 0.2) is 18.5 Å². The molecule has 0 aliphatic rings. The standard InChI is InChI=1S/C13H19N3O3/c1-4-16(5-2)13(19)9(3)15-12(18)10-6-7-14-8-11(10)17/h6-9,17H,4-5H2,1-3H3,(H,15,18). The van der Waals surface area contributed by atoms with Gasteiger partial charge in [0.05, 0.1) is 11.8 Å². The average Bonchev–Trinajstić information content (AvgIpc) is 2.40. The number of hydrogen-bond donors (Lipinski definition) is 2. The molecule has 0 bridgehead atoms. The van der Waals surface area contributed by atoms with E-state index in [0.29, 0.717) is 13.1 Å². The van der Waals surface area contributed by atoms with Crippen molar-refractivity contribution in [2.75, 3.05) is 13.1 Å². The summed E-state index contributed by atoms with van der Waals surface area (Å²) in [5.41, 5.74) is 0.106. The molecule has 19 heavy (non-hydrogen) atoms. The molecule has 6 nitrogen and oxygen atoms in total. The molecule has 0 aromatic carbocycles. The van der Waals surface area contributed by atoms with Crippen molar-refractivity contribution in [1.82, 2.24) is 15.2 Å². The van der Waals surface area contributed by atoms with Crippen LogP contribution in [0.5, 0.6) is 5.75 Å². The summed E-state index contributed by atoms with van der Waals surface area (Å²) in [5, 5.41) is 12.1. The van der Waals surface area contributed by atoms with Crippen LogP contribution in [0.2, 0.25) is 0 Å². The number of hydrogen-bond acceptors (Lipinski definition) is 4. The summed E-state index contributed by atoms with van der Waals surface area (Å²) in [7, 11) is 0. The maximum atomic E-state index is 12.0. The third-order valence-corrected chi connectivity index (χ3v) is 2.84. The number of rotatable bonds is 5. The number of carbonyl (C=O) groups excluding carboxylic acids is 2. The van der Waals surface area contributed by atoms with Crippen LogP contribution in [0.4, 0.5) is 0 Å². The summed E-state index contributed by atoms with van der Waals surface area (Å²) in [6.45, 7) is 6.57. The van der Waals surface area contributed by atoms with Crippen molar-refractivity contribution < 1.29 is 14.7 Å². The Morgan fingerprint density at radius 3 is 2.58 bits per heavy atom. The van der Waals surface area contributed by atoms with Crippen LogP contribution in [0.3, 0.4) is 0 Å². The third-order valence-electron chi connectivity index (χ3n) is 2.84. The van der Waals surface area contributed by atoms with Crippen LogP contribution < -0.4 is 5.32 Å². The van der Waals surface area contributed by atoms with Crippen LogP contribution >= 0.6 is 0 Å². The Kier molecular flexibility index (Phi) is 5.29. The molecule has 0 saturated carbocycles. The first-order chi connectivity index (χ1) is 9.01. The van der Waals surface area contributed by atoms with Gasteiger partial charge in [0.15, 0.2) is 0 Å². The van der Waals surface area contributed by atoms with Gasteiger partial charge in [0.1, 0.15) is 11.8 Å².